The predicted molar refractivity (Wildman–Crippen MR) is 117 cm³/mol. The number of hydrogen-bond acceptors (Lipinski definition) is 6. The van der Waals surface area contributed by atoms with Crippen LogP contribution in [-0.2, 0) is 35.3 Å². The number of carbonyl (C=O) groups is 1. The van der Waals surface area contributed by atoms with Crippen LogP contribution in [0.25, 0.3) is 21.6 Å². The van der Waals surface area contributed by atoms with Crippen molar-refractivity contribution in [3.05, 3.63) is 81.7 Å². The summed E-state index contributed by atoms with van der Waals surface area (Å²) in [6, 6.07) is 12.3. The lowest BCUT2D eigenvalue weighted by Crippen LogP contribution is -2.28. The van der Waals surface area contributed by atoms with Gasteiger partial charge in [0.25, 0.3) is 0 Å². The van der Waals surface area contributed by atoms with E-state index < -0.39 is 11.7 Å². The highest BCUT2D eigenvalue weighted by atomic mass is 19.4. The molecule has 0 aliphatic rings. The predicted octanol–water partition coefficient (Wildman–Crippen LogP) is 4.43. The smallest absolute Gasteiger partial charge is 0.416 e. The zero-order valence-electron chi connectivity index (χ0n) is 18.5. The van der Waals surface area contributed by atoms with Gasteiger partial charge in [0.15, 0.2) is 0 Å². The lowest BCUT2D eigenvalue weighted by molar-refractivity contribution is -0.141. The number of esters is 1. The van der Waals surface area contributed by atoms with Crippen LogP contribution in [0, 0.1) is 0 Å². The highest BCUT2D eigenvalue weighted by molar-refractivity contribution is 5.71. The maximum Gasteiger partial charge on any atom is 0.416 e. The van der Waals surface area contributed by atoms with E-state index in [-0.39, 0.29) is 19.1 Å². The van der Waals surface area contributed by atoms with E-state index >= 15 is 0 Å². The Labute approximate surface area is 193 Å². The van der Waals surface area contributed by atoms with Crippen LogP contribution in [0.3, 0.4) is 0 Å². The first-order valence-corrected chi connectivity index (χ1v) is 10.1. The van der Waals surface area contributed by atoms with E-state index in [9.17, 15) is 18.0 Å². The van der Waals surface area contributed by atoms with Crippen LogP contribution >= 0.6 is 0 Å². The fourth-order valence-electron chi connectivity index (χ4n) is 3.30. The highest BCUT2D eigenvalue weighted by Crippen LogP contribution is 2.31. The molecule has 0 aliphatic heterocycles. The first-order valence-electron chi connectivity index (χ1n) is 10.1. The number of ether oxygens (including phenoxy) is 1. The number of aromatic nitrogens is 3. The number of nitrogens with zero attached hydrogens (tertiary/aromatic N) is 7. The molecule has 0 aliphatic carbocycles. The van der Waals surface area contributed by atoms with Gasteiger partial charge in [-0.3, -0.25) is 9.69 Å². The van der Waals surface area contributed by atoms with Crippen molar-refractivity contribution in [1.82, 2.24) is 19.7 Å². The Kier molecular flexibility index (Phi) is 7.87. The monoisotopic (exact) mass is 473 g/mol. The molecule has 0 spiro atoms. The minimum atomic E-state index is -4.38. The van der Waals surface area contributed by atoms with Gasteiger partial charge in [-0.15, -0.1) is 10.2 Å². The number of benzene rings is 2. The van der Waals surface area contributed by atoms with Crippen molar-refractivity contribution in [3.63, 3.8) is 0 Å². The topological polar surface area (TPSA) is 109 Å². The normalized spacial score (nSPS) is 11.4. The van der Waals surface area contributed by atoms with Crippen molar-refractivity contribution in [3.8, 4) is 11.1 Å². The second kappa shape index (κ2) is 10.8. The van der Waals surface area contributed by atoms with E-state index in [1.807, 2.05) is 24.3 Å². The Balaban J connectivity index is 1.80. The molecular formula is C22H22F3N7O2. The second-order valence-corrected chi connectivity index (χ2v) is 7.53. The second-order valence-electron chi connectivity index (χ2n) is 7.53. The van der Waals surface area contributed by atoms with E-state index in [4.69, 9.17) is 5.53 Å². The molecule has 3 aromatic rings. The SMILES string of the molecule is COC(=O)CN(C)Cc1nnc(CN=[N+]=[N-])n1Cc1ccc(-c2ccc(C(F)(F)F)cc2)cc1. The summed E-state index contributed by atoms with van der Waals surface area (Å²) in [5, 5.41) is 11.9. The summed E-state index contributed by atoms with van der Waals surface area (Å²) >= 11 is 0. The highest BCUT2D eigenvalue weighted by Gasteiger charge is 2.30. The maximum atomic E-state index is 12.8. The number of methoxy groups -OCH3 is 1. The van der Waals surface area contributed by atoms with Crippen molar-refractivity contribution >= 4 is 5.97 Å². The van der Waals surface area contributed by atoms with Gasteiger partial charge in [-0.25, -0.2) is 0 Å². The molecule has 0 N–H and O–H groups in total. The van der Waals surface area contributed by atoms with E-state index in [2.05, 4.69) is 25.0 Å². The molecule has 9 nitrogen and oxygen atoms in total. The van der Waals surface area contributed by atoms with Gasteiger partial charge >= 0.3 is 12.1 Å². The minimum absolute atomic E-state index is 0.00779. The summed E-state index contributed by atoms with van der Waals surface area (Å²) < 4.78 is 44.9. The quantitative estimate of drug-likeness (QED) is 0.198. The van der Waals surface area contributed by atoms with Crippen LogP contribution in [0.2, 0.25) is 0 Å². The van der Waals surface area contributed by atoms with Gasteiger partial charge in [-0.2, -0.15) is 13.2 Å². The summed E-state index contributed by atoms with van der Waals surface area (Å²) in [6.45, 7) is 0.755. The average molecular weight is 473 g/mol. The molecule has 0 atom stereocenters. The molecule has 0 bridgehead atoms. The molecular weight excluding hydrogens is 451 g/mol. The average Bonchev–Trinajstić information content (AvgIpc) is 3.18. The third-order valence-corrected chi connectivity index (χ3v) is 5.06. The molecule has 1 aromatic heterocycles. The molecule has 0 fully saturated rings. The lowest BCUT2D eigenvalue weighted by atomic mass is 10.0. The number of rotatable bonds is 9. The fourth-order valence-corrected chi connectivity index (χ4v) is 3.30. The van der Waals surface area contributed by atoms with Gasteiger partial charge in [0.05, 0.1) is 38.9 Å². The summed E-state index contributed by atoms with van der Waals surface area (Å²) in [7, 11) is 3.05. The van der Waals surface area contributed by atoms with Crippen LogP contribution in [0.4, 0.5) is 13.2 Å². The third kappa shape index (κ3) is 6.33. The molecule has 0 unspecified atom stereocenters. The standard InChI is InChI=1S/C22H22F3N7O2/c1-31(14-21(33)34-2)13-20-29-28-19(11-27-30-26)32(20)12-15-3-5-16(6-4-15)17-7-9-18(10-8-17)22(23,24)25/h3-10H,11-14H2,1-2H3. The molecule has 1 heterocycles. The molecule has 3 rings (SSSR count). The number of carbonyl (C=O) groups excluding carboxylic acids is 1. The Hall–Kier alpha value is -3.89. The first kappa shape index (κ1) is 24.7. The Morgan fingerprint density at radius 2 is 1.68 bits per heavy atom. The number of hydrogen-bond donors (Lipinski definition) is 0. The first-order chi connectivity index (χ1) is 16.2. The van der Waals surface area contributed by atoms with Crippen molar-refractivity contribution < 1.29 is 22.7 Å². The lowest BCUT2D eigenvalue weighted by Gasteiger charge is -2.16. The van der Waals surface area contributed by atoms with E-state index in [1.54, 1.807) is 16.5 Å². The van der Waals surface area contributed by atoms with E-state index in [0.717, 1.165) is 23.3 Å². The van der Waals surface area contributed by atoms with Gasteiger partial charge < -0.3 is 9.30 Å². The molecule has 0 saturated heterocycles. The van der Waals surface area contributed by atoms with E-state index in [0.29, 0.717) is 30.3 Å². The molecule has 2 aromatic carbocycles. The number of alkyl halides is 3. The van der Waals surface area contributed by atoms with Crippen LogP contribution in [0.5, 0.6) is 0 Å². The van der Waals surface area contributed by atoms with Crippen molar-refractivity contribution in [2.45, 2.75) is 25.8 Å². The van der Waals surface area contributed by atoms with Crippen LogP contribution in [-0.4, -0.2) is 46.3 Å². The van der Waals surface area contributed by atoms with Gasteiger partial charge in [-0.1, -0.05) is 41.5 Å². The van der Waals surface area contributed by atoms with Gasteiger partial charge in [0.1, 0.15) is 11.6 Å². The van der Waals surface area contributed by atoms with Gasteiger partial charge in [0.2, 0.25) is 0 Å². The summed E-state index contributed by atoms with van der Waals surface area (Å²) in [6.07, 6.45) is -4.38. The zero-order chi connectivity index (χ0) is 24.7. The van der Waals surface area contributed by atoms with Gasteiger partial charge in [-0.05, 0) is 41.4 Å². The number of azide groups is 1. The minimum Gasteiger partial charge on any atom is -0.468 e. The zero-order valence-corrected chi connectivity index (χ0v) is 18.5. The summed E-state index contributed by atoms with van der Waals surface area (Å²) in [5.74, 6) is 0.647. The molecule has 178 valence electrons. The van der Waals surface area contributed by atoms with Crippen molar-refractivity contribution in [2.75, 3.05) is 20.7 Å². The Bertz CT molecular complexity index is 1170. The van der Waals surface area contributed by atoms with Crippen molar-refractivity contribution in [1.29, 1.82) is 0 Å². The van der Waals surface area contributed by atoms with Crippen LogP contribution in [0.15, 0.2) is 53.6 Å². The maximum absolute atomic E-state index is 12.8. The Morgan fingerprint density at radius 1 is 1.09 bits per heavy atom. The van der Waals surface area contributed by atoms with E-state index in [1.165, 1.54) is 19.2 Å². The van der Waals surface area contributed by atoms with Crippen molar-refractivity contribution in [2.24, 2.45) is 5.11 Å². The Morgan fingerprint density at radius 3 is 2.24 bits per heavy atom. The van der Waals surface area contributed by atoms with Crippen LogP contribution in [0.1, 0.15) is 22.8 Å². The third-order valence-electron chi connectivity index (χ3n) is 5.06. The number of halogens is 3. The molecule has 34 heavy (non-hydrogen) atoms. The molecule has 0 radical (unpaired) electrons. The van der Waals surface area contributed by atoms with Crippen LogP contribution < -0.4 is 0 Å². The fraction of sp³-hybridized carbons (Fsp3) is 0.318. The number of likely N-dealkylation sites (N-methyl/N-ethyl adjacent to an activating group) is 1. The molecule has 12 heteroatoms. The molecule has 0 amide bonds. The molecule has 0 saturated carbocycles. The largest absolute Gasteiger partial charge is 0.468 e. The summed E-state index contributed by atoms with van der Waals surface area (Å²) in [5.41, 5.74) is 10.3. The summed E-state index contributed by atoms with van der Waals surface area (Å²) in [4.78, 5) is 16.0. The van der Waals surface area contributed by atoms with Gasteiger partial charge in [0, 0.05) is 4.91 Å².